The summed E-state index contributed by atoms with van der Waals surface area (Å²) in [5, 5.41) is 9.15. The van der Waals surface area contributed by atoms with Gasteiger partial charge in [0, 0.05) is 5.56 Å². The predicted molar refractivity (Wildman–Crippen MR) is 88.1 cm³/mol. The van der Waals surface area contributed by atoms with E-state index in [0.717, 1.165) is 0 Å². The van der Waals surface area contributed by atoms with Crippen LogP contribution in [0.1, 0.15) is 23.1 Å². The smallest absolute Gasteiger partial charge is 0.323 e. The third-order valence-electron chi connectivity index (χ3n) is 3.64. The summed E-state index contributed by atoms with van der Waals surface area (Å²) < 4.78 is 7.27. The minimum atomic E-state index is -0.967. The Morgan fingerprint density at radius 1 is 1.17 bits per heavy atom. The first-order valence-electron chi connectivity index (χ1n) is 7.44. The number of aliphatic carboxylic acids is 1. The molecule has 0 aliphatic rings. The molecule has 6 nitrogen and oxygen atoms in total. The molecule has 1 heterocycles. The quantitative estimate of drug-likeness (QED) is 0.705. The molecule has 0 spiro atoms. The summed E-state index contributed by atoms with van der Waals surface area (Å²) in [5.41, 5.74) is 1.78. The van der Waals surface area contributed by atoms with Crippen molar-refractivity contribution in [2.45, 2.75) is 20.1 Å². The van der Waals surface area contributed by atoms with E-state index in [4.69, 9.17) is 9.84 Å². The lowest BCUT2D eigenvalue weighted by molar-refractivity contribution is -0.137. The van der Waals surface area contributed by atoms with Gasteiger partial charge in [-0.05, 0) is 37.3 Å². The molecular formula is C18H16N2O4. The minimum absolute atomic E-state index is 0.0632. The van der Waals surface area contributed by atoms with Gasteiger partial charge in [-0.25, -0.2) is 4.98 Å². The Bertz CT molecular complexity index is 900. The van der Waals surface area contributed by atoms with E-state index in [1.807, 2.05) is 30.3 Å². The molecule has 0 unspecified atom stereocenters. The number of carboxylic acids is 1. The Hall–Kier alpha value is -3.15. The van der Waals surface area contributed by atoms with E-state index in [2.05, 4.69) is 4.98 Å². The highest BCUT2D eigenvalue weighted by Gasteiger charge is 2.15. The van der Waals surface area contributed by atoms with Crippen molar-refractivity contribution in [3.8, 4) is 5.75 Å². The van der Waals surface area contributed by atoms with Crippen molar-refractivity contribution in [2.24, 2.45) is 0 Å². The number of ketones is 1. The fourth-order valence-corrected chi connectivity index (χ4v) is 2.49. The first-order valence-corrected chi connectivity index (χ1v) is 7.44. The molecule has 0 aliphatic carbocycles. The molecule has 122 valence electrons. The highest BCUT2D eigenvalue weighted by molar-refractivity contribution is 5.97. The summed E-state index contributed by atoms with van der Waals surface area (Å²) in [7, 11) is 0. The van der Waals surface area contributed by atoms with Crippen molar-refractivity contribution in [3.63, 3.8) is 0 Å². The SMILES string of the molecule is CC(=O)c1ccc2c(c1)nc(COc1ccccc1)n2CC(=O)O. The summed E-state index contributed by atoms with van der Waals surface area (Å²) >= 11 is 0. The topological polar surface area (TPSA) is 81.4 Å². The summed E-state index contributed by atoms with van der Waals surface area (Å²) in [6.07, 6.45) is 0. The van der Waals surface area contributed by atoms with Crippen molar-refractivity contribution in [3.05, 3.63) is 59.9 Å². The largest absolute Gasteiger partial charge is 0.486 e. The van der Waals surface area contributed by atoms with Gasteiger partial charge >= 0.3 is 5.97 Å². The Morgan fingerprint density at radius 3 is 2.58 bits per heavy atom. The number of carbonyl (C=O) groups is 2. The lowest BCUT2D eigenvalue weighted by atomic mass is 10.1. The molecule has 0 saturated carbocycles. The van der Waals surface area contributed by atoms with E-state index in [9.17, 15) is 9.59 Å². The van der Waals surface area contributed by atoms with E-state index in [-0.39, 0.29) is 18.9 Å². The predicted octanol–water partition coefficient (Wildman–Crippen LogP) is 2.90. The fraction of sp³-hybridized carbons (Fsp3) is 0.167. The number of carboxylic acid groups (broad SMARTS) is 1. The average Bonchev–Trinajstić information content (AvgIpc) is 2.90. The lowest BCUT2D eigenvalue weighted by Crippen LogP contribution is -2.13. The van der Waals surface area contributed by atoms with Gasteiger partial charge in [0.15, 0.2) is 5.78 Å². The van der Waals surface area contributed by atoms with Crippen molar-refractivity contribution in [1.82, 2.24) is 9.55 Å². The maximum atomic E-state index is 11.5. The summed E-state index contributed by atoms with van der Waals surface area (Å²) in [6.45, 7) is 1.40. The maximum Gasteiger partial charge on any atom is 0.323 e. The number of carbonyl (C=O) groups excluding carboxylic acids is 1. The molecule has 0 saturated heterocycles. The van der Waals surface area contributed by atoms with Crippen LogP contribution in [0.2, 0.25) is 0 Å². The Labute approximate surface area is 138 Å². The number of hydrogen-bond donors (Lipinski definition) is 1. The van der Waals surface area contributed by atoms with E-state index in [1.54, 1.807) is 22.8 Å². The molecule has 0 amide bonds. The van der Waals surface area contributed by atoms with E-state index in [1.165, 1.54) is 6.92 Å². The van der Waals surface area contributed by atoms with Gasteiger partial charge in [0.2, 0.25) is 0 Å². The van der Waals surface area contributed by atoms with Gasteiger partial charge in [-0.15, -0.1) is 0 Å². The molecule has 0 fully saturated rings. The molecule has 0 aliphatic heterocycles. The number of nitrogens with zero attached hydrogens (tertiary/aromatic N) is 2. The van der Waals surface area contributed by atoms with Crippen LogP contribution in [0.4, 0.5) is 0 Å². The third-order valence-corrected chi connectivity index (χ3v) is 3.64. The van der Waals surface area contributed by atoms with Crippen LogP contribution in [-0.4, -0.2) is 26.4 Å². The van der Waals surface area contributed by atoms with Crippen molar-refractivity contribution in [1.29, 1.82) is 0 Å². The van der Waals surface area contributed by atoms with Gasteiger partial charge in [-0.2, -0.15) is 0 Å². The highest BCUT2D eigenvalue weighted by atomic mass is 16.5. The number of imidazole rings is 1. The Balaban J connectivity index is 1.97. The van der Waals surface area contributed by atoms with E-state index in [0.29, 0.717) is 28.2 Å². The molecule has 1 N–H and O–H groups in total. The van der Waals surface area contributed by atoms with E-state index < -0.39 is 5.97 Å². The summed E-state index contributed by atoms with van der Waals surface area (Å²) in [4.78, 5) is 27.1. The molecule has 0 atom stereocenters. The molecule has 0 bridgehead atoms. The first-order chi connectivity index (χ1) is 11.5. The van der Waals surface area contributed by atoms with Gasteiger partial charge < -0.3 is 14.4 Å². The third kappa shape index (κ3) is 3.27. The zero-order valence-corrected chi connectivity index (χ0v) is 13.1. The number of rotatable bonds is 6. The van der Waals surface area contributed by atoms with Crippen molar-refractivity contribution in [2.75, 3.05) is 0 Å². The van der Waals surface area contributed by atoms with Crippen LogP contribution >= 0.6 is 0 Å². The number of hydrogen-bond acceptors (Lipinski definition) is 4. The zero-order chi connectivity index (χ0) is 17.1. The number of aromatic nitrogens is 2. The zero-order valence-electron chi connectivity index (χ0n) is 13.1. The molecule has 3 rings (SSSR count). The first kappa shape index (κ1) is 15.7. The average molecular weight is 324 g/mol. The minimum Gasteiger partial charge on any atom is -0.486 e. The molecule has 24 heavy (non-hydrogen) atoms. The molecule has 1 aromatic heterocycles. The molecular weight excluding hydrogens is 308 g/mol. The second kappa shape index (κ2) is 6.54. The Kier molecular flexibility index (Phi) is 4.29. The van der Waals surface area contributed by atoms with Crippen LogP contribution in [0.5, 0.6) is 5.75 Å². The van der Waals surface area contributed by atoms with Crippen molar-refractivity contribution >= 4 is 22.8 Å². The maximum absolute atomic E-state index is 11.5. The van der Waals surface area contributed by atoms with Gasteiger partial charge in [0.25, 0.3) is 0 Å². The van der Waals surface area contributed by atoms with Crippen LogP contribution in [0.3, 0.4) is 0 Å². The number of Topliss-reactive ketones (excluding diaryl/α,β-unsaturated/α-hetero) is 1. The molecule has 3 aromatic rings. The molecule has 2 aromatic carbocycles. The monoisotopic (exact) mass is 324 g/mol. The van der Waals surface area contributed by atoms with Crippen LogP contribution in [0.25, 0.3) is 11.0 Å². The number of benzene rings is 2. The van der Waals surface area contributed by atoms with Gasteiger partial charge in [-0.1, -0.05) is 18.2 Å². The van der Waals surface area contributed by atoms with E-state index >= 15 is 0 Å². The number of fused-ring (bicyclic) bond motifs is 1. The van der Waals surface area contributed by atoms with Gasteiger partial charge in [-0.3, -0.25) is 9.59 Å². The van der Waals surface area contributed by atoms with Crippen LogP contribution in [0, 0.1) is 0 Å². The fourth-order valence-electron chi connectivity index (χ4n) is 2.49. The Morgan fingerprint density at radius 2 is 1.92 bits per heavy atom. The van der Waals surface area contributed by atoms with Crippen LogP contribution in [0.15, 0.2) is 48.5 Å². The highest BCUT2D eigenvalue weighted by Crippen LogP contribution is 2.20. The number of ether oxygens (including phenoxy) is 1. The lowest BCUT2D eigenvalue weighted by Gasteiger charge is -2.08. The second-order valence-corrected chi connectivity index (χ2v) is 5.37. The molecule has 0 radical (unpaired) electrons. The summed E-state index contributed by atoms with van der Waals surface area (Å²) in [5.74, 6) is 0.144. The standard InChI is InChI=1S/C18H16N2O4/c1-12(21)13-7-8-16-15(9-13)19-17(20(16)10-18(22)23)11-24-14-5-3-2-4-6-14/h2-9H,10-11H2,1H3,(H,22,23). The van der Waals surface area contributed by atoms with Gasteiger partial charge in [0.1, 0.15) is 24.7 Å². The van der Waals surface area contributed by atoms with Crippen molar-refractivity contribution < 1.29 is 19.4 Å². The van der Waals surface area contributed by atoms with Gasteiger partial charge in [0.05, 0.1) is 11.0 Å². The molecule has 6 heteroatoms. The summed E-state index contributed by atoms with van der Waals surface area (Å²) in [6, 6.07) is 14.3. The van der Waals surface area contributed by atoms with Crippen LogP contribution in [-0.2, 0) is 17.9 Å². The number of para-hydroxylation sites is 1. The van der Waals surface area contributed by atoms with Crippen LogP contribution < -0.4 is 4.74 Å². The second-order valence-electron chi connectivity index (χ2n) is 5.37. The normalized spacial score (nSPS) is 10.7.